The van der Waals surface area contributed by atoms with Crippen molar-refractivity contribution in [2.75, 3.05) is 12.0 Å². The molecule has 27 heavy (non-hydrogen) atoms. The van der Waals surface area contributed by atoms with Gasteiger partial charge in [-0.05, 0) is 41.5 Å². The number of hydrogen-bond donors (Lipinski definition) is 0. The van der Waals surface area contributed by atoms with Crippen LogP contribution in [0.4, 0.5) is 11.4 Å². The highest BCUT2D eigenvalue weighted by Crippen LogP contribution is 2.40. The molecule has 134 valence electrons. The van der Waals surface area contributed by atoms with Crippen LogP contribution in [-0.2, 0) is 4.74 Å². The van der Waals surface area contributed by atoms with Crippen molar-refractivity contribution < 1.29 is 4.74 Å². The average molecular weight is 353 g/mol. The molecule has 0 heterocycles. The van der Waals surface area contributed by atoms with Crippen molar-refractivity contribution in [3.63, 3.8) is 0 Å². The minimum absolute atomic E-state index is 0.568. The standard InChI is InChI=1S/C25H23NO/c1-27-25(19-17-22(18-20-25)21-11-5-2-6-12-21)26(23-13-7-3-8-14-23)24-15-9-4-10-16-24/h2-19H,20H2,1H3. The van der Waals surface area contributed by atoms with Gasteiger partial charge in [0.25, 0.3) is 0 Å². The summed E-state index contributed by atoms with van der Waals surface area (Å²) in [4.78, 5) is 2.27. The lowest BCUT2D eigenvalue weighted by Gasteiger charge is -2.43. The number of rotatable bonds is 5. The lowest BCUT2D eigenvalue weighted by molar-refractivity contribution is 0.0399. The molecule has 0 aromatic heterocycles. The van der Waals surface area contributed by atoms with Crippen LogP contribution in [0, 0.1) is 0 Å². The van der Waals surface area contributed by atoms with Gasteiger partial charge in [-0.25, -0.2) is 0 Å². The van der Waals surface area contributed by atoms with Crippen LogP contribution in [0.5, 0.6) is 0 Å². The molecule has 0 spiro atoms. The lowest BCUT2D eigenvalue weighted by Crippen LogP contribution is -2.46. The van der Waals surface area contributed by atoms with Gasteiger partial charge in [-0.2, -0.15) is 0 Å². The Morgan fingerprint density at radius 2 is 1.26 bits per heavy atom. The Morgan fingerprint density at radius 1 is 0.741 bits per heavy atom. The zero-order valence-electron chi connectivity index (χ0n) is 15.5. The number of ether oxygens (including phenoxy) is 1. The van der Waals surface area contributed by atoms with Crippen molar-refractivity contribution in [2.24, 2.45) is 0 Å². The molecule has 0 aliphatic heterocycles. The summed E-state index contributed by atoms with van der Waals surface area (Å²) in [5.74, 6) is 0. The molecule has 4 rings (SSSR count). The molecule has 1 atom stereocenters. The molecule has 1 aliphatic carbocycles. The maximum atomic E-state index is 6.13. The normalized spacial score (nSPS) is 18.8. The molecule has 0 saturated carbocycles. The molecule has 1 aliphatic rings. The second kappa shape index (κ2) is 7.65. The van der Waals surface area contributed by atoms with Crippen LogP contribution in [0.2, 0.25) is 0 Å². The van der Waals surface area contributed by atoms with E-state index in [4.69, 9.17) is 4.74 Å². The number of benzene rings is 3. The maximum absolute atomic E-state index is 6.13. The quantitative estimate of drug-likeness (QED) is 0.506. The minimum atomic E-state index is -0.568. The molecule has 3 aromatic carbocycles. The Hall–Kier alpha value is -3.10. The third kappa shape index (κ3) is 3.44. The predicted molar refractivity (Wildman–Crippen MR) is 113 cm³/mol. The fourth-order valence-corrected chi connectivity index (χ4v) is 3.61. The highest BCUT2D eigenvalue weighted by atomic mass is 16.5. The summed E-state index contributed by atoms with van der Waals surface area (Å²) in [6.45, 7) is 0. The second-order valence-electron chi connectivity index (χ2n) is 6.62. The zero-order chi connectivity index (χ0) is 18.5. The van der Waals surface area contributed by atoms with Crippen molar-refractivity contribution in [1.82, 2.24) is 0 Å². The van der Waals surface area contributed by atoms with E-state index >= 15 is 0 Å². The summed E-state index contributed by atoms with van der Waals surface area (Å²) in [5.41, 5.74) is 4.09. The van der Waals surface area contributed by atoms with Crippen LogP contribution in [0.3, 0.4) is 0 Å². The lowest BCUT2D eigenvalue weighted by atomic mass is 9.92. The zero-order valence-corrected chi connectivity index (χ0v) is 15.5. The first-order valence-electron chi connectivity index (χ1n) is 9.23. The number of allylic oxidation sites excluding steroid dienone is 2. The maximum Gasteiger partial charge on any atom is 0.167 e. The molecule has 0 fully saturated rings. The van der Waals surface area contributed by atoms with Gasteiger partial charge >= 0.3 is 0 Å². The van der Waals surface area contributed by atoms with Crippen molar-refractivity contribution in [1.29, 1.82) is 0 Å². The van der Waals surface area contributed by atoms with E-state index in [1.165, 1.54) is 11.1 Å². The Labute approximate surface area is 161 Å². The smallest absolute Gasteiger partial charge is 0.167 e. The van der Waals surface area contributed by atoms with Crippen LogP contribution in [0.25, 0.3) is 5.57 Å². The number of hydrogen-bond acceptors (Lipinski definition) is 2. The fraction of sp³-hybridized carbons (Fsp3) is 0.120. The molecule has 0 saturated heterocycles. The first-order chi connectivity index (χ1) is 13.3. The van der Waals surface area contributed by atoms with Gasteiger partial charge in [0.05, 0.1) is 0 Å². The van der Waals surface area contributed by atoms with E-state index in [0.717, 1.165) is 17.8 Å². The molecule has 0 amide bonds. The van der Waals surface area contributed by atoms with Gasteiger partial charge in [-0.1, -0.05) is 78.9 Å². The highest BCUT2D eigenvalue weighted by Gasteiger charge is 2.36. The summed E-state index contributed by atoms with van der Waals surface area (Å²) >= 11 is 0. The van der Waals surface area contributed by atoms with Crippen molar-refractivity contribution in [2.45, 2.75) is 12.1 Å². The van der Waals surface area contributed by atoms with Gasteiger partial charge in [0.15, 0.2) is 5.72 Å². The third-order valence-corrected chi connectivity index (χ3v) is 5.01. The average Bonchev–Trinajstić information content (AvgIpc) is 2.76. The number of nitrogens with zero attached hydrogens (tertiary/aromatic N) is 1. The molecule has 2 heteroatoms. The first kappa shape index (κ1) is 17.3. The van der Waals surface area contributed by atoms with E-state index in [9.17, 15) is 0 Å². The van der Waals surface area contributed by atoms with Crippen molar-refractivity contribution >= 4 is 16.9 Å². The summed E-state index contributed by atoms with van der Waals surface area (Å²) < 4.78 is 6.13. The van der Waals surface area contributed by atoms with Crippen LogP contribution in [0.15, 0.2) is 109 Å². The molecular formula is C25H23NO. The minimum Gasteiger partial charge on any atom is -0.354 e. The third-order valence-electron chi connectivity index (χ3n) is 5.01. The van der Waals surface area contributed by atoms with E-state index in [-0.39, 0.29) is 0 Å². The van der Waals surface area contributed by atoms with Crippen LogP contribution in [-0.4, -0.2) is 12.8 Å². The second-order valence-corrected chi connectivity index (χ2v) is 6.62. The summed E-state index contributed by atoms with van der Waals surface area (Å²) in [7, 11) is 1.78. The first-order valence-corrected chi connectivity index (χ1v) is 9.23. The van der Waals surface area contributed by atoms with Crippen LogP contribution in [0.1, 0.15) is 12.0 Å². The molecule has 0 N–H and O–H groups in total. The Balaban J connectivity index is 1.75. The number of methoxy groups -OCH3 is 1. The monoisotopic (exact) mass is 353 g/mol. The summed E-state index contributed by atoms with van der Waals surface area (Å²) in [6, 6.07) is 31.3. The van der Waals surface area contributed by atoms with Crippen LogP contribution >= 0.6 is 0 Å². The largest absolute Gasteiger partial charge is 0.354 e. The van der Waals surface area contributed by atoms with E-state index in [1.54, 1.807) is 7.11 Å². The van der Waals surface area contributed by atoms with Crippen LogP contribution < -0.4 is 4.90 Å². The molecule has 3 aromatic rings. The highest BCUT2D eigenvalue weighted by molar-refractivity contribution is 5.77. The molecule has 1 unspecified atom stereocenters. The van der Waals surface area contributed by atoms with Gasteiger partial charge in [-0.15, -0.1) is 0 Å². The van der Waals surface area contributed by atoms with Gasteiger partial charge in [-0.3, -0.25) is 0 Å². The topological polar surface area (TPSA) is 12.5 Å². The van der Waals surface area contributed by atoms with E-state index in [2.05, 4.69) is 95.9 Å². The summed E-state index contributed by atoms with van der Waals surface area (Å²) in [5, 5.41) is 0. The summed E-state index contributed by atoms with van der Waals surface area (Å²) in [6.07, 6.45) is 7.36. The van der Waals surface area contributed by atoms with Gasteiger partial charge in [0.2, 0.25) is 0 Å². The van der Waals surface area contributed by atoms with E-state index in [0.29, 0.717) is 0 Å². The van der Waals surface area contributed by atoms with E-state index < -0.39 is 5.72 Å². The predicted octanol–water partition coefficient (Wildman–Crippen LogP) is 6.21. The number of para-hydroxylation sites is 2. The van der Waals surface area contributed by atoms with Gasteiger partial charge in [0.1, 0.15) is 0 Å². The molecular weight excluding hydrogens is 330 g/mol. The molecule has 0 radical (unpaired) electrons. The molecule has 0 bridgehead atoms. The number of anilines is 2. The SMILES string of the molecule is COC1(N(c2ccccc2)c2ccccc2)C=CC(c2ccccc2)=CC1. The van der Waals surface area contributed by atoms with Crippen molar-refractivity contribution in [3.8, 4) is 0 Å². The fourth-order valence-electron chi connectivity index (χ4n) is 3.61. The van der Waals surface area contributed by atoms with E-state index in [1.807, 2.05) is 18.2 Å². The van der Waals surface area contributed by atoms with Crippen molar-refractivity contribution in [3.05, 3.63) is 115 Å². The van der Waals surface area contributed by atoms with Gasteiger partial charge in [0, 0.05) is 24.9 Å². The Morgan fingerprint density at radius 3 is 1.70 bits per heavy atom. The molecule has 2 nitrogen and oxygen atoms in total. The Kier molecular flexibility index (Phi) is 4.91. The van der Waals surface area contributed by atoms with Gasteiger partial charge < -0.3 is 9.64 Å². The Bertz CT molecular complexity index is 892.